The van der Waals surface area contributed by atoms with Gasteiger partial charge < -0.3 is 13.6 Å². The summed E-state index contributed by atoms with van der Waals surface area (Å²) in [4.78, 5) is 15.0. The third kappa shape index (κ3) is 5.62. The normalized spacial score (nSPS) is 11.8. The number of hydrogen-bond donors (Lipinski definition) is 0. The van der Waals surface area contributed by atoms with Crippen molar-refractivity contribution in [3.05, 3.63) is 212 Å². The van der Waals surface area contributed by atoms with Gasteiger partial charge in [-0.1, -0.05) is 140 Å². The van der Waals surface area contributed by atoms with Gasteiger partial charge in [-0.25, -0.2) is 15.0 Å². The Morgan fingerprint density at radius 2 is 0.794 bits per heavy atom. The van der Waals surface area contributed by atoms with Crippen LogP contribution in [0.4, 0.5) is 0 Å². The minimum atomic E-state index is 0.563. The molecule has 0 saturated carbocycles. The van der Waals surface area contributed by atoms with Gasteiger partial charge in [0.15, 0.2) is 17.5 Å². The zero-order valence-corrected chi connectivity index (χ0v) is 33.9. The molecule has 0 aliphatic heterocycles. The Hall–Kier alpha value is -8.61. The lowest BCUT2D eigenvalue weighted by atomic mass is 10.00. The molecule has 13 aromatic rings. The maximum Gasteiger partial charge on any atom is 0.167 e. The molecule has 0 spiro atoms. The van der Waals surface area contributed by atoms with Gasteiger partial charge in [0, 0.05) is 54.8 Å². The summed E-state index contributed by atoms with van der Waals surface area (Å²) in [5.41, 5.74) is 13.4. The molecule has 9 aromatic carbocycles. The van der Waals surface area contributed by atoms with E-state index in [9.17, 15) is 0 Å². The maximum atomic E-state index is 6.70. The second-order valence-corrected chi connectivity index (χ2v) is 16.0. The maximum absolute atomic E-state index is 6.70. The van der Waals surface area contributed by atoms with Crippen molar-refractivity contribution in [2.45, 2.75) is 0 Å². The second kappa shape index (κ2) is 14.0. The number of hydrogen-bond acceptors (Lipinski definition) is 4. The van der Waals surface area contributed by atoms with Crippen LogP contribution in [-0.2, 0) is 0 Å². The Labute approximate surface area is 361 Å². The summed E-state index contributed by atoms with van der Waals surface area (Å²) in [6, 6.07) is 74.6. The highest BCUT2D eigenvalue weighted by Crippen LogP contribution is 2.41. The molecule has 0 saturated heterocycles. The van der Waals surface area contributed by atoms with Crippen LogP contribution < -0.4 is 0 Å². The molecule has 0 amide bonds. The standard InChI is InChI=1S/C57H35N5O/c1-4-15-36(16-5-1)55-58-56(37-17-6-2-7-18-37)60-57(59-55)45-24-14-23-44-48-34-39(28-32-53(48)63-54(44)45)38-27-30-51-46(33-38)47-35-41(29-31-52(47)61(51)40-19-8-3-9-20-40)62-49-25-12-10-21-42(49)43-22-11-13-26-50(43)62/h1-35H. The Bertz CT molecular complexity index is 3790. The van der Waals surface area contributed by atoms with Crippen molar-refractivity contribution in [1.29, 1.82) is 0 Å². The SMILES string of the molecule is c1ccc(-c2nc(-c3ccccc3)nc(-c3cccc4c3oc3ccc(-c5ccc6c(c5)c5cc(-n7c8ccccc8c8ccccc87)ccc5n6-c5ccccc5)cc34)n2)cc1. The number of benzene rings is 9. The number of aromatic nitrogens is 5. The Kier molecular flexibility index (Phi) is 7.80. The fraction of sp³-hybridized carbons (Fsp3) is 0. The average molecular weight is 806 g/mol. The van der Waals surface area contributed by atoms with Crippen LogP contribution in [0.15, 0.2) is 217 Å². The third-order valence-electron chi connectivity index (χ3n) is 12.4. The number of nitrogens with zero attached hydrogens (tertiary/aromatic N) is 5. The molecular formula is C57H35N5O. The number of furan rings is 1. The zero-order chi connectivity index (χ0) is 41.4. The lowest BCUT2D eigenvalue weighted by Crippen LogP contribution is -2.00. The molecule has 13 rings (SSSR count). The van der Waals surface area contributed by atoms with Crippen molar-refractivity contribution in [2.24, 2.45) is 0 Å². The van der Waals surface area contributed by atoms with E-state index in [1.54, 1.807) is 0 Å². The molecule has 4 heterocycles. The monoisotopic (exact) mass is 805 g/mol. The van der Waals surface area contributed by atoms with E-state index in [1.807, 2.05) is 66.7 Å². The number of rotatable bonds is 6. The molecule has 63 heavy (non-hydrogen) atoms. The van der Waals surface area contributed by atoms with Gasteiger partial charge in [0.25, 0.3) is 0 Å². The van der Waals surface area contributed by atoms with Crippen LogP contribution in [0.3, 0.4) is 0 Å². The van der Waals surface area contributed by atoms with Gasteiger partial charge in [-0.15, -0.1) is 0 Å². The van der Waals surface area contributed by atoms with Crippen LogP contribution in [0, 0.1) is 0 Å². The van der Waals surface area contributed by atoms with Gasteiger partial charge in [-0.3, -0.25) is 0 Å². The summed E-state index contributed by atoms with van der Waals surface area (Å²) >= 11 is 0. The van der Waals surface area contributed by atoms with Crippen LogP contribution in [0.5, 0.6) is 0 Å². The lowest BCUT2D eigenvalue weighted by molar-refractivity contribution is 0.669. The van der Waals surface area contributed by atoms with Gasteiger partial charge in [-0.2, -0.15) is 0 Å². The predicted molar refractivity (Wildman–Crippen MR) is 258 cm³/mol. The number of fused-ring (bicyclic) bond motifs is 9. The molecule has 294 valence electrons. The van der Waals surface area contributed by atoms with E-state index < -0.39 is 0 Å². The van der Waals surface area contributed by atoms with E-state index in [2.05, 4.69) is 155 Å². The molecule has 6 heteroatoms. The first-order chi connectivity index (χ1) is 31.2. The van der Waals surface area contributed by atoms with Crippen molar-refractivity contribution < 1.29 is 4.42 Å². The fourth-order valence-electron chi connectivity index (χ4n) is 9.47. The second-order valence-electron chi connectivity index (χ2n) is 16.0. The van der Waals surface area contributed by atoms with Gasteiger partial charge >= 0.3 is 0 Å². The van der Waals surface area contributed by atoms with Gasteiger partial charge in [-0.05, 0) is 83.9 Å². The highest BCUT2D eigenvalue weighted by atomic mass is 16.3. The molecule has 0 aliphatic carbocycles. The van der Waals surface area contributed by atoms with Crippen molar-refractivity contribution in [2.75, 3.05) is 0 Å². The number of para-hydroxylation sites is 4. The Morgan fingerprint density at radius 1 is 0.302 bits per heavy atom. The quantitative estimate of drug-likeness (QED) is 0.168. The van der Waals surface area contributed by atoms with Crippen LogP contribution in [0.25, 0.3) is 122 Å². The van der Waals surface area contributed by atoms with E-state index >= 15 is 0 Å². The smallest absolute Gasteiger partial charge is 0.167 e. The van der Waals surface area contributed by atoms with Crippen LogP contribution in [0.2, 0.25) is 0 Å². The molecule has 0 aliphatic rings. The first-order valence-corrected chi connectivity index (χ1v) is 21.2. The largest absolute Gasteiger partial charge is 0.455 e. The van der Waals surface area contributed by atoms with Gasteiger partial charge in [0.1, 0.15) is 11.2 Å². The molecular weight excluding hydrogens is 771 g/mol. The molecule has 0 unspecified atom stereocenters. The van der Waals surface area contributed by atoms with Crippen molar-refractivity contribution in [3.8, 4) is 56.7 Å². The summed E-state index contributed by atoms with van der Waals surface area (Å²) in [5, 5.41) is 6.91. The van der Waals surface area contributed by atoms with E-state index in [0.717, 1.165) is 72.2 Å². The summed E-state index contributed by atoms with van der Waals surface area (Å²) in [6.45, 7) is 0. The molecule has 0 atom stereocenters. The first kappa shape index (κ1) is 35.2. The molecule has 0 bridgehead atoms. The molecule has 0 N–H and O–H groups in total. The molecule has 6 nitrogen and oxygen atoms in total. The topological polar surface area (TPSA) is 61.7 Å². The third-order valence-corrected chi connectivity index (χ3v) is 12.4. The van der Waals surface area contributed by atoms with E-state index in [4.69, 9.17) is 19.4 Å². The van der Waals surface area contributed by atoms with Crippen LogP contribution in [-0.4, -0.2) is 24.1 Å². The van der Waals surface area contributed by atoms with Crippen molar-refractivity contribution in [3.63, 3.8) is 0 Å². The summed E-state index contributed by atoms with van der Waals surface area (Å²) in [6.07, 6.45) is 0. The summed E-state index contributed by atoms with van der Waals surface area (Å²) in [5.74, 6) is 1.79. The lowest BCUT2D eigenvalue weighted by Gasteiger charge is -2.10. The van der Waals surface area contributed by atoms with Crippen molar-refractivity contribution in [1.82, 2.24) is 24.1 Å². The zero-order valence-electron chi connectivity index (χ0n) is 33.9. The minimum Gasteiger partial charge on any atom is -0.455 e. The summed E-state index contributed by atoms with van der Waals surface area (Å²) in [7, 11) is 0. The summed E-state index contributed by atoms with van der Waals surface area (Å²) < 4.78 is 11.5. The van der Waals surface area contributed by atoms with Crippen molar-refractivity contribution >= 4 is 65.6 Å². The van der Waals surface area contributed by atoms with Gasteiger partial charge in [0.05, 0.1) is 27.6 Å². The first-order valence-electron chi connectivity index (χ1n) is 21.2. The average Bonchev–Trinajstić information content (AvgIpc) is 4.02. The van der Waals surface area contributed by atoms with E-state index in [1.165, 1.54) is 32.6 Å². The Balaban J connectivity index is 0.978. The molecule has 0 radical (unpaired) electrons. The highest BCUT2D eigenvalue weighted by molar-refractivity contribution is 6.14. The minimum absolute atomic E-state index is 0.563. The van der Waals surface area contributed by atoms with Crippen LogP contribution in [0.1, 0.15) is 0 Å². The van der Waals surface area contributed by atoms with E-state index in [0.29, 0.717) is 17.5 Å². The molecule has 4 aromatic heterocycles. The van der Waals surface area contributed by atoms with Crippen LogP contribution >= 0.6 is 0 Å². The fourth-order valence-corrected chi connectivity index (χ4v) is 9.47. The Morgan fingerprint density at radius 3 is 1.46 bits per heavy atom. The molecule has 0 fully saturated rings. The van der Waals surface area contributed by atoms with E-state index in [-0.39, 0.29) is 0 Å². The predicted octanol–water partition coefficient (Wildman–Crippen LogP) is 14.6. The van der Waals surface area contributed by atoms with Gasteiger partial charge in [0.2, 0.25) is 0 Å². The highest BCUT2D eigenvalue weighted by Gasteiger charge is 2.20.